The predicted molar refractivity (Wildman–Crippen MR) is 77.4 cm³/mol. The summed E-state index contributed by atoms with van der Waals surface area (Å²) in [4.78, 5) is 0. The monoisotopic (exact) mass is 288 g/mol. The van der Waals surface area contributed by atoms with E-state index in [1.807, 2.05) is 10.9 Å². The maximum absolute atomic E-state index is 6.28. The largest absolute Gasteiger partial charge is 0.273 e. The highest BCUT2D eigenvalue weighted by atomic mass is 35.5. The number of halogens is 2. The van der Waals surface area contributed by atoms with Crippen LogP contribution in [0.3, 0.4) is 0 Å². The van der Waals surface area contributed by atoms with Gasteiger partial charge in [0.2, 0.25) is 0 Å². The summed E-state index contributed by atoms with van der Waals surface area (Å²) < 4.78 is 1.97. The lowest BCUT2D eigenvalue weighted by Gasteiger charge is -2.35. The van der Waals surface area contributed by atoms with Crippen LogP contribution in [0.15, 0.2) is 12.4 Å². The van der Waals surface area contributed by atoms with E-state index in [9.17, 15) is 0 Å². The minimum Gasteiger partial charge on any atom is -0.273 e. The third-order valence-corrected chi connectivity index (χ3v) is 5.38. The molecule has 1 fully saturated rings. The Kier molecular flexibility index (Phi) is 4.97. The van der Waals surface area contributed by atoms with Gasteiger partial charge >= 0.3 is 0 Å². The van der Waals surface area contributed by atoms with Crippen LogP contribution in [-0.2, 0) is 13.0 Å². The first-order chi connectivity index (χ1) is 8.74. The lowest BCUT2D eigenvalue weighted by molar-refractivity contribution is 0.225. The molecule has 1 aromatic heterocycles. The molecule has 0 radical (unpaired) electrons. The second kappa shape index (κ2) is 6.29. The molecule has 1 aromatic rings. The Balaban J connectivity index is 2.13. The van der Waals surface area contributed by atoms with Crippen molar-refractivity contribution in [3.05, 3.63) is 18.0 Å². The van der Waals surface area contributed by atoms with Gasteiger partial charge in [0.15, 0.2) is 0 Å². The second-order valence-electron chi connectivity index (χ2n) is 5.49. The van der Waals surface area contributed by atoms with Crippen LogP contribution in [0.5, 0.6) is 0 Å². The van der Waals surface area contributed by atoms with E-state index < -0.39 is 0 Å². The van der Waals surface area contributed by atoms with Crippen LogP contribution in [0.1, 0.15) is 38.2 Å². The van der Waals surface area contributed by atoms with Crippen LogP contribution in [0.25, 0.3) is 0 Å². The number of hydrogen-bond acceptors (Lipinski definition) is 1. The third-order valence-electron chi connectivity index (χ3n) is 4.32. The minimum absolute atomic E-state index is 0.0568. The average molecular weight is 289 g/mol. The minimum atomic E-state index is 0.0568. The van der Waals surface area contributed by atoms with Crippen molar-refractivity contribution < 1.29 is 0 Å². The van der Waals surface area contributed by atoms with Crippen LogP contribution in [0.4, 0.5) is 0 Å². The first kappa shape index (κ1) is 14.2. The van der Waals surface area contributed by atoms with Gasteiger partial charge in [-0.05, 0) is 37.7 Å². The normalized spacial score (nSPS) is 17.5. The number of aryl methyl sites for hydroxylation is 1. The van der Waals surface area contributed by atoms with Crippen molar-refractivity contribution in [3.8, 4) is 0 Å². The van der Waals surface area contributed by atoms with Gasteiger partial charge in [0, 0.05) is 29.9 Å². The summed E-state index contributed by atoms with van der Waals surface area (Å²) in [6, 6.07) is 0. The van der Waals surface area contributed by atoms with E-state index in [2.05, 4.69) is 18.2 Å². The molecule has 2 nitrogen and oxygen atoms in total. The number of hydrogen-bond donors (Lipinski definition) is 0. The van der Waals surface area contributed by atoms with Crippen molar-refractivity contribution in [1.82, 2.24) is 9.78 Å². The fraction of sp³-hybridized carbons (Fsp3) is 0.786. The Labute approximate surface area is 120 Å². The van der Waals surface area contributed by atoms with Crippen LogP contribution in [-0.4, -0.2) is 21.5 Å². The van der Waals surface area contributed by atoms with Gasteiger partial charge in [-0.15, -0.1) is 23.2 Å². The van der Waals surface area contributed by atoms with Crippen molar-refractivity contribution in [3.63, 3.8) is 0 Å². The van der Waals surface area contributed by atoms with E-state index in [4.69, 9.17) is 23.2 Å². The first-order valence-corrected chi connectivity index (χ1v) is 7.94. The fourth-order valence-electron chi connectivity index (χ4n) is 3.11. The number of nitrogens with zero attached hydrogens (tertiary/aromatic N) is 2. The highest BCUT2D eigenvalue weighted by Crippen LogP contribution is 2.44. The fourth-order valence-corrected chi connectivity index (χ4v) is 4.02. The summed E-state index contributed by atoms with van der Waals surface area (Å²) in [5.41, 5.74) is 1.33. The summed E-state index contributed by atoms with van der Waals surface area (Å²) in [5, 5.41) is 4.34. The van der Waals surface area contributed by atoms with Crippen LogP contribution < -0.4 is 0 Å². The smallest absolute Gasteiger partial charge is 0.0521 e. The average Bonchev–Trinajstić information content (AvgIpc) is 3.07. The molecule has 4 heteroatoms. The van der Waals surface area contributed by atoms with Crippen LogP contribution >= 0.6 is 23.2 Å². The molecule has 0 aliphatic heterocycles. The third kappa shape index (κ3) is 2.85. The highest BCUT2D eigenvalue weighted by Gasteiger charge is 2.39. The van der Waals surface area contributed by atoms with Gasteiger partial charge in [0.05, 0.1) is 6.20 Å². The molecule has 0 unspecified atom stereocenters. The van der Waals surface area contributed by atoms with Crippen LogP contribution in [0, 0.1) is 11.3 Å². The summed E-state index contributed by atoms with van der Waals surface area (Å²) >= 11 is 12.6. The topological polar surface area (TPSA) is 17.8 Å². The van der Waals surface area contributed by atoms with E-state index in [0.29, 0.717) is 17.7 Å². The Bertz CT molecular complexity index is 366. The molecule has 102 valence electrons. The maximum atomic E-state index is 6.28. The van der Waals surface area contributed by atoms with Crippen molar-refractivity contribution in [1.29, 1.82) is 0 Å². The zero-order chi connectivity index (χ0) is 13.0. The molecule has 1 saturated carbocycles. The first-order valence-electron chi connectivity index (χ1n) is 6.87. The maximum Gasteiger partial charge on any atom is 0.0521 e. The molecule has 0 aromatic carbocycles. The Morgan fingerprint density at radius 3 is 2.50 bits per heavy atom. The van der Waals surface area contributed by atoms with Crippen molar-refractivity contribution in [2.24, 2.45) is 11.3 Å². The summed E-state index contributed by atoms with van der Waals surface area (Å²) in [7, 11) is 0. The number of aromatic nitrogens is 2. The standard InChI is InChI=1S/C14H22Cl2N2/c1-2-18-9-12(8-17-18)7-14(10-15,11-16)13-5-3-4-6-13/h8-9,13H,2-7,10-11H2,1H3. The van der Waals surface area contributed by atoms with Crippen molar-refractivity contribution >= 4 is 23.2 Å². The summed E-state index contributed by atoms with van der Waals surface area (Å²) in [6.07, 6.45) is 10.3. The van der Waals surface area contributed by atoms with E-state index in [0.717, 1.165) is 13.0 Å². The molecule has 0 saturated heterocycles. The molecule has 0 atom stereocenters. The van der Waals surface area contributed by atoms with Crippen molar-refractivity contribution in [2.45, 2.75) is 45.6 Å². The summed E-state index contributed by atoms with van der Waals surface area (Å²) in [6.45, 7) is 3.02. The van der Waals surface area contributed by atoms with Gasteiger partial charge in [0.25, 0.3) is 0 Å². The molecule has 0 amide bonds. The predicted octanol–water partition coefficient (Wildman–Crippen LogP) is 4.10. The molecule has 1 aliphatic rings. The van der Waals surface area contributed by atoms with Gasteiger partial charge in [-0.1, -0.05) is 12.8 Å². The van der Waals surface area contributed by atoms with E-state index in [1.54, 1.807) is 0 Å². The molecule has 18 heavy (non-hydrogen) atoms. The zero-order valence-corrected chi connectivity index (χ0v) is 12.6. The molecule has 0 bridgehead atoms. The Hall–Kier alpha value is -0.210. The van der Waals surface area contributed by atoms with Crippen LogP contribution in [0.2, 0.25) is 0 Å². The molecular weight excluding hydrogens is 267 g/mol. The SMILES string of the molecule is CCn1cc(CC(CCl)(CCl)C2CCCC2)cn1. The summed E-state index contributed by atoms with van der Waals surface area (Å²) in [5.74, 6) is 1.98. The van der Waals surface area contributed by atoms with Gasteiger partial charge in [-0.25, -0.2) is 0 Å². The molecular formula is C14H22Cl2N2. The zero-order valence-electron chi connectivity index (χ0n) is 11.0. The van der Waals surface area contributed by atoms with Gasteiger partial charge in [0.1, 0.15) is 0 Å². The van der Waals surface area contributed by atoms with Gasteiger partial charge in [-0.2, -0.15) is 5.10 Å². The number of alkyl halides is 2. The Morgan fingerprint density at radius 2 is 2.00 bits per heavy atom. The Morgan fingerprint density at radius 1 is 1.33 bits per heavy atom. The molecule has 0 spiro atoms. The van der Waals surface area contributed by atoms with E-state index >= 15 is 0 Å². The lowest BCUT2D eigenvalue weighted by atomic mass is 9.73. The quantitative estimate of drug-likeness (QED) is 0.721. The molecule has 0 N–H and O–H groups in total. The molecule has 1 aliphatic carbocycles. The second-order valence-corrected chi connectivity index (χ2v) is 6.03. The van der Waals surface area contributed by atoms with E-state index in [1.165, 1.54) is 31.2 Å². The van der Waals surface area contributed by atoms with E-state index in [-0.39, 0.29) is 5.41 Å². The lowest BCUT2D eigenvalue weighted by Crippen LogP contribution is -2.35. The van der Waals surface area contributed by atoms with Gasteiger partial charge < -0.3 is 0 Å². The molecule has 2 rings (SSSR count). The highest BCUT2D eigenvalue weighted by molar-refractivity contribution is 6.21. The van der Waals surface area contributed by atoms with Crippen molar-refractivity contribution in [2.75, 3.05) is 11.8 Å². The molecule has 1 heterocycles. The van der Waals surface area contributed by atoms with Gasteiger partial charge in [-0.3, -0.25) is 4.68 Å². The number of rotatable bonds is 6.